The maximum Gasteiger partial charge on any atom is 0.239 e. The number of rotatable bonds is 3. The van der Waals surface area contributed by atoms with Crippen LogP contribution in [-0.4, -0.2) is 41.1 Å². The van der Waals surface area contributed by atoms with Crippen molar-refractivity contribution in [3.05, 3.63) is 35.6 Å². The van der Waals surface area contributed by atoms with Crippen LogP contribution in [0.15, 0.2) is 24.3 Å². The van der Waals surface area contributed by atoms with Crippen molar-refractivity contribution >= 4 is 18.3 Å². The Labute approximate surface area is 117 Å². The summed E-state index contributed by atoms with van der Waals surface area (Å²) >= 11 is 0. The number of aliphatic hydroxyl groups is 1. The van der Waals surface area contributed by atoms with Gasteiger partial charge in [0.05, 0.1) is 12.1 Å². The number of hydrogen-bond acceptors (Lipinski definition) is 3. The first kappa shape index (κ1) is 15.9. The van der Waals surface area contributed by atoms with Crippen LogP contribution in [0.5, 0.6) is 0 Å². The molecule has 0 aliphatic carbocycles. The first-order chi connectivity index (χ1) is 8.56. The maximum atomic E-state index is 12.7. The Kier molecular flexibility index (Phi) is 5.72. The highest BCUT2D eigenvalue weighted by Crippen LogP contribution is 2.12. The van der Waals surface area contributed by atoms with Gasteiger partial charge in [-0.2, -0.15) is 0 Å². The molecule has 1 aromatic carbocycles. The molecule has 0 spiro atoms. The summed E-state index contributed by atoms with van der Waals surface area (Å²) < 4.78 is 12.7. The number of likely N-dealkylation sites (tertiary alicyclic amines) is 1. The SMILES string of the molecule is Cl.NC(Cc1ccc(F)cc1)C(=O)N1CCC(O)C1. The van der Waals surface area contributed by atoms with E-state index in [9.17, 15) is 14.3 Å². The van der Waals surface area contributed by atoms with Crippen molar-refractivity contribution in [2.75, 3.05) is 13.1 Å². The highest BCUT2D eigenvalue weighted by atomic mass is 35.5. The standard InChI is InChI=1S/C13H17FN2O2.ClH/c14-10-3-1-9(2-4-10)7-12(15)13(18)16-6-5-11(17)8-16;/h1-4,11-12,17H,5-8,15H2;1H. The molecular formula is C13H18ClFN2O2. The van der Waals surface area contributed by atoms with Gasteiger partial charge < -0.3 is 15.7 Å². The number of nitrogens with zero attached hydrogens (tertiary/aromatic N) is 1. The molecule has 6 heteroatoms. The molecule has 0 bridgehead atoms. The van der Waals surface area contributed by atoms with E-state index in [1.54, 1.807) is 17.0 Å². The third kappa shape index (κ3) is 4.16. The number of β-amino-alcohol motifs (C(OH)–C–C–N with tert-alkyl or cyclic N) is 1. The summed E-state index contributed by atoms with van der Waals surface area (Å²) in [5.41, 5.74) is 6.68. The zero-order valence-corrected chi connectivity index (χ0v) is 11.3. The number of aliphatic hydroxyl groups excluding tert-OH is 1. The molecule has 1 aliphatic heterocycles. The van der Waals surface area contributed by atoms with E-state index < -0.39 is 12.1 Å². The molecule has 4 nitrogen and oxygen atoms in total. The molecule has 1 amide bonds. The second-order valence-corrected chi connectivity index (χ2v) is 4.66. The van der Waals surface area contributed by atoms with Gasteiger partial charge in [0.15, 0.2) is 0 Å². The summed E-state index contributed by atoms with van der Waals surface area (Å²) in [5, 5.41) is 9.37. The number of carbonyl (C=O) groups excluding carboxylic acids is 1. The van der Waals surface area contributed by atoms with Gasteiger partial charge >= 0.3 is 0 Å². The lowest BCUT2D eigenvalue weighted by Gasteiger charge is -2.20. The second kappa shape index (κ2) is 6.84. The first-order valence-corrected chi connectivity index (χ1v) is 6.03. The topological polar surface area (TPSA) is 66.6 Å². The first-order valence-electron chi connectivity index (χ1n) is 6.03. The lowest BCUT2D eigenvalue weighted by atomic mass is 10.1. The number of carbonyl (C=O) groups is 1. The zero-order valence-electron chi connectivity index (χ0n) is 10.5. The van der Waals surface area contributed by atoms with Crippen molar-refractivity contribution in [1.29, 1.82) is 0 Å². The summed E-state index contributed by atoms with van der Waals surface area (Å²) in [6.07, 6.45) is 0.549. The van der Waals surface area contributed by atoms with Crippen LogP contribution in [0.25, 0.3) is 0 Å². The van der Waals surface area contributed by atoms with E-state index in [1.807, 2.05) is 0 Å². The van der Waals surface area contributed by atoms with E-state index in [4.69, 9.17) is 5.73 Å². The minimum absolute atomic E-state index is 0. The van der Waals surface area contributed by atoms with E-state index in [2.05, 4.69) is 0 Å². The Hall–Kier alpha value is -1.17. The number of benzene rings is 1. The molecule has 106 valence electrons. The van der Waals surface area contributed by atoms with E-state index in [0.717, 1.165) is 5.56 Å². The molecule has 0 radical (unpaired) electrons. The molecule has 1 saturated heterocycles. The van der Waals surface area contributed by atoms with Crippen LogP contribution in [0.4, 0.5) is 4.39 Å². The Bertz CT molecular complexity index is 427. The lowest BCUT2D eigenvalue weighted by Crippen LogP contribution is -2.44. The number of halogens is 2. The molecule has 0 saturated carbocycles. The Balaban J connectivity index is 0.00000180. The van der Waals surface area contributed by atoms with Crippen molar-refractivity contribution < 1.29 is 14.3 Å². The molecule has 2 rings (SSSR count). The van der Waals surface area contributed by atoms with Crippen LogP contribution in [0.3, 0.4) is 0 Å². The van der Waals surface area contributed by atoms with Crippen molar-refractivity contribution in [2.45, 2.75) is 25.0 Å². The third-order valence-corrected chi connectivity index (χ3v) is 3.16. The van der Waals surface area contributed by atoms with E-state index >= 15 is 0 Å². The molecule has 1 fully saturated rings. The Morgan fingerprint density at radius 3 is 2.63 bits per heavy atom. The summed E-state index contributed by atoms with van der Waals surface area (Å²) in [6.45, 7) is 0.910. The molecule has 19 heavy (non-hydrogen) atoms. The van der Waals surface area contributed by atoms with Gasteiger partial charge in [0.1, 0.15) is 5.82 Å². The predicted molar refractivity (Wildman–Crippen MR) is 72.5 cm³/mol. The highest BCUT2D eigenvalue weighted by molar-refractivity contribution is 5.85. The van der Waals surface area contributed by atoms with Gasteiger partial charge in [0, 0.05) is 13.1 Å². The van der Waals surface area contributed by atoms with Crippen LogP contribution >= 0.6 is 12.4 Å². The van der Waals surface area contributed by atoms with Gasteiger partial charge in [-0.15, -0.1) is 12.4 Å². The van der Waals surface area contributed by atoms with Gasteiger partial charge in [-0.1, -0.05) is 12.1 Å². The van der Waals surface area contributed by atoms with E-state index in [0.29, 0.717) is 25.9 Å². The van der Waals surface area contributed by atoms with Crippen LogP contribution in [0.2, 0.25) is 0 Å². The van der Waals surface area contributed by atoms with Crippen molar-refractivity contribution in [2.24, 2.45) is 5.73 Å². The van der Waals surface area contributed by atoms with E-state index in [1.165, 1.54) is 12.1 Å². The van der Waals surface area contributed by atoms with Gasteiger partial charge in [-0.05, 0) is 30.5 Å². The number of nitrogens with two attached hydrogens (primary N) is 1. The monoisotopic (exact) mass is 288 g/mol. The average molecular weight is 289 g/mol. The second-order valence-electron chi connectivity index (χ2n) is 4.66. The zero-order chi connectivity index (χ0) is 13.1. The Morgan fingerprint density at radius 1 is 1.47 bits per heavy atom. The minimum atomic E-state index is -0.638. The van der Waals surface area contributed by atoms with Crippen molar-refractivity contribution in [3.8, 4) is 0 Å². The van der Waals surface area contributed by atoms with Crippen molar-refractivity contribution in [1.82, 2.24) is 4.90 Å². The largest absolute Gasteiger partial charge is 0.391 e. The number of hydrogen-bond donors (Lipinski definition) is 2. The highest BCUT2D eigenvalue weighted by Gasteiger charge is 2.28. The Morgan fingerprint density at radius 2 is 2.11 bits per heavy atom. The molecule has 2 atom stereocenters. The fourth-order valence-corrected chi connectivity index (χ4v) is 2.14. The number of amides is 1. The molecule has 3 N–H and O–H groups in total. The van der Waals surface area contributed by atoms with Gasteiger partial charge in [-0.3, -0.25) is 4.79 Å². The lowest BCUT2D eigenvalue weighted by molar-refractivity contribution is -0.131. The fraction of sp³-hybridized carbons (Fsp3) is 0.462. The summed E-state index contributed by atoms with van der Waals surface area (Å²) in [7, 11) is 0. The quantitative estimate of drug-likeness (QED) is 0.861. The normalized spacial score (nSPS) is 19.9. The van der Waals surface area contributed by atoms with Crippen LogP contribution < -0.4 is 5.73 Å². The van der Waals surface area contributed by atoms with Crippen molar-refractivity contribution in [3.63, 3.8) is 0 Å². The summed E-state index contributed by atoms with van der Waals surface area (Å²) in [5.74, 6) is -0.461. The molecule has 1 aliphatic rings. The smallest absolute Gasteiger partial charge is 0.239 e. The average Bonchev–Trinajstić information content (AvgIpc) is 2.78. The molecule has 1 heterocycles. The van der Waals surface area contributed by atoms with Crippen LogP contribution in [0, 0.1) is 5.82 Å². The van der Waals surface area contributed by atoms with Gasteiger partial charge in [0.25, 0.3) is 0 Å². The molecular weight excluding hydrogens is 271 g/mol. The molecule has 0 aromatic heterocycles. The molecule has 1 aromatic rings. The predicted octanol–water partition coefficient (Wildman–Crippen LogP) is 0.710. The van der Waals surface area contributed by atoms with Crippen LogP contribution in [-0.2, 0) is 11.2 Å². The third-order valence-electron chi connectivity index (χ3n) is 3.16. The van der Waals surface area contributed by atoms with Crippen LogP contribution in [0.1, 0.15) is 12.0 Å². The van der Waals surface area contributed by atoms with E-state index in [-0.39, 0.29) is 24.1 Å². The maximum absolute atomic E-state index is 12.7. The minimum Gasteiger partial charge on any atom is -0.391 e. The fourth-order valence-electron chi connectivity index (χ4n) is 2.14. The van der Waals surface area contributed by atoms with Gasteiger partial charge in [0.2, 0.25) is 5.91 Å². The molecule has 2 unspecified atom stereocenters. The van der Waals surface area contributed by atoms with Gasteiger partial charge in [-0.25, -0.2) is 4.39 Å². The summed E-state index contributed by atoms with van der Waals surface area (Å²) in [4.78, 5) is 13.6. The summed E-state index contributed by atoms with van der Waals surface area (Å²) in [6, 6.07) is 5.32.